The van der Waals surface area contributed by atoms with Crippen molar-refractivity contribution in [3.05, 3.63) is 96.1 Å². The summed E-state index contributed by atoms with van der Waals surface area (Å²) >= 11 is 0. The molecule has 28 heavy (non-hydrogen) atoms. The SMILES string of the molecule is COc1ccc(CCNC(=O)CN(Cc2ccccc2)c2ccccc2)cc1. The fourth-order valence-electron chi connectivity index (χ4n) is 3.05. The van der Waals surface area contributed by atoms with Gasteiger partial charge in [0.25, 0.3) is 0 Å². The van der Waals surface area contributed by atoms with Crippen LogP contribution in [0.25, 0.3) is 0 Å². The van der Waals surface area contributed by atoms with Gasteiger partial charge in [-0.15, -0.1) is 0 Å². The van der Waals surface area contributed by atoms with Crippen LogP contribution in [-0.2, 0) is 17.8 Å². The Morgan fingerprint density at radius 1 is 0.857 bits per heavy atom. The first kappa shape index (κ1) is 19.5. The van der Waals surface area contributed by atoms with Gasteiger partial charge in [-0.2, -0.15) is 0 Å². The van der Waals surface area contributed by atoms with Crippen molar-refractivity contribution in [2.75, 3.05) is 25.1 Å². The molecule has 4 nitrogen and oxygen atoms in total. The second-order valence-electron chi connectivity index (χ2n) is 6.63. The number of anilines is 1. The molecule has 3 aromatic rings. The highest BCUT2D eigenvalue weighted by molar-refractivity contribution is 5.81. The Morgan fingerprint density at radius 2 is 1.50 bits per heavy atom. The predicted molar refractivity (Wildman–Crippen MR) is 114 cm³/mol. The molecule has 0 fully saturated rings. The number of nitrogens with one attached hydrogen (secondary N) is 1. The molecule has 4 heteroatoms. The van der Waals surface area contributed by atoms with Crippen LogP contribution in [0.5, 0.6) is 5.75 Å². The first-order valence-electron chi connectivity index (χ1n) is 9.48. The van der Waals surface area contributed by atoms with Gasteiger partial charge in [0.05, 0.1) is 13.7 Å². The van der Waals surface area contributed by atoms with Crippen molar-refractivity contribution in [3.63, 3.8) is 0 Å². The van der Waals surface area contributed by atoms with Gasteiger partial charge in [0, 0.05) is 18.8 Å². The van der Waals surface area contributed by atoms with Gasteiger partial charge in [-0.25, -0.2) is 0 Å². The Hall–Kier alpha value is -3.27. The summed E-state index contributed by atoms with van der Waals surface area (Å²) in [6, 6.07) is 28.2. The first-order valence-corrected chi connectivity index (χ1v) is 9.48. The van der Waals surface area contributed by atoms with E-state index < -0.39 is 0 Å². The first-order chi connectivity index (χ1) is 13.7. The fraction of sp³-hybridized carbons (Fsp3) is 0.208. The summed E-state index contributed by atoms with van der Waals surface area (Å²) in [6.45, 7) is 1.62. The normalized spacial score (nSPS) is 10.3. The van der Waals surface area contributed by atoms with E-state index in [2.05, 4.69) is 22.3 Å². The number of carbonyl (C=O) groups is 1. The van der Waals surface area contributed by atoms with Crippen LogP contribution in [0.2, 0.25) is 0 Å². The van der Waals surface area contributed by atoms with Gasteiger partial charge < -0.3 is 15.0 Å². The number of nitrogens with zero attached hydrogens (tertiary/aromatic N) is 1. The molecule has 0 saturated heterocycles. The van der Waals surface area contributed by atoms with E-state index >= 15 is 0 Å². The number of ether oxygens (including phenoxy) is 1. The molecule has 3 rings (SSSR count). The van der Waals surface area contributed by atoms with E-state index in [4.69, 9.17) is 4.74 Å². The van der Waals surface area contributed by atoms with Crippen molar-refractivity contribution in [1.29, 1.82) is 0 Å². The van der Waals surface area contributed by atoms with Crippen molar-refractivity contribution in [2.24, 2.45) is 0 Å². The average Bonchev–Trinajstić information content (AvgIpc) is 2.75. The predicted octanol–water partition coefficient (Wildman–Crippen LogP) is 4.06. The molecule has 1 N–H and O–H groups in total. The summed E-state index contributed by atoms with van der Waals surface area (Å²) in [5.41, 5.74) is 3.39. The van der Waals surface area contributed by atoms with Crippen molar-refractivity contribution in [2.45, 2.75) is 13.0 Å². The van der Waals surface area contributed by atoms with Gasteiger partial charge >= 0.3 is 0 Å². The summed E-state index contributed by atoms with van der Waals surface area (Å²) < 4.78 is 5.17. The minimum absolute atomic E-state index is 0.0216. The van der Waals surface area contributed by atoms with Gasteiger partial charge in [-0.3, -0.25) is 4.79 Å². The molecule has 144 valence electrons. The fourth-order valence-corrected chi connectivity index (χ4v) is 3.05. The lowest BCUT2D eigenvalue weighted by molar-refractivity contribution is -0.119. The highest BCUT2D eigenvalue weighted by Gasteiger charge is 2.12. The maximum Gasteiger partial charge on any atom is 0.239 e. The number of hydrogen-bond acceptors (Lipinski definition) is 3. The van der Waals surface area contributed by atoms with E-state index in [1.165, 1.54) is 11.1 Å². The smallest absolute Gasteiger partial charge is 0.239 e. The van der Waals surface area contributed by atoms with Crippen LogP contribution in [0.1, 0.15) is 11.1 Å². The molecule has 0 atom stereocenters. The monoisotopic (exact) mass is 374 g/mol. The van der Waals surface area contributed by atoms with Gasteiger partial charge in [0.15, 0.2) is 0 Å². The van der Waals surface area contributed by atoms with E-state index in [1.807, 2.05) is 72.8 Å². The maximum atomic E-state index is 12.5. The number of hydrogen-bond donors (Lipinski definition) is 1. The van der Waals surface area contributed by atoms with Crippen LogP contribution < -0.4 is 15.0 Å². The average molecular weight is 374 g/mol. The molecular formula is C24H26N2O2. The standard InChI is InChI=1S/C24H26N2O2/c1-28-23-14-12-20(13-15-23)16-17-25-24(27)19-26(22-10-6-3-7-11-22)18-21-8-4-2-5-9-21/h2-15H,16-19H2,1H3,(H,25,27). The molecule has 0 aliphatic carbocycles. The van der Waals surface area contributed by atoms with E-state index in [1.54, 1.807) is 7.11 Å². The zero-order valence-electron chi connectivity index (χ0n) is 16.2. The largest absolute Gasteiger partial charge is 0.497 e. The molecule has 0 aliphatic rings. The number of carbonyl (C=O) groups excluding carboxylic acids is 1. The van der Waals surface area contributed by atoms with Crippen molar-refractivity contribution >= 4 is 11.6 Å². The molecule has 0 radical (unpaired) electrons. The molecule has 0 heterocycles. The Bertz CT molecular complexity index is 849. The number of amides is 1. The molecule has 3 aromatic carbocycles. The van der Waals surface area contributed by atoms with E-state index in [0.29, 0.717) is 19.6 Å². The highest BCUT2D eigenvalue weighted by Crippen LogP contribution is 2.16. The van der Waals surface area contributed by atoms with Gasteiger partial charge in [-0.05, 0) is 41.8 Å². The summed E-state index contributed by atoms with van der Waals surface area (Å²) in [7, 11) is 1.66. The number of benzene rings is 3. The molecule has 0 saturated carbocycles. The third-order valence-corrected chi connectivity index (χ3v) is 4.57. The lowest BCUT2D eigenvalue weighted by Gasteiger charge is -2.24. The van der Waals surface area contributed by atoms with Crippen molar-refractivity contribution in [3.8, 4) is 5.75 Å². The Morgan fingerprint density at radius 3 is 2.14 bits per heavy atom. The van der Waals surface area contributed by atoms with Crippen LogP contribution in [-0.4, -0.2) is 26.1 Å². The topological polar surface area (TPSA) is 41.6 Å². The summed E-state index contributed by atoms with van der Waals surface area (Å²) in [5, 5.41) is 3.03. The lowest BCUT2D eigenvalue weighted by atomic mass is 10.1. The maximum absolute atomic E-state index is 12.5. The minimum Gasteiger partial charge on any atom is -0.497 e. The van der Waals surface area contributed by atoms with Crippen LogP contribution >= 0.6 is 0 Å². The summed E-state index contributed by atoms with van der Waals surface area (Å²) in [4.78, 5) is 14.6. The zero-order chi connectivity index (χ0) is 19.6. The van der Waals surface area contributed by atoms with Crippen molar-refractivity contribution in [1.82, 2.24) is 5.32 Å². The van der Waals surface area contributed by atoms with E-state index in [-0.39, 0.29) is 5.91 Å². The third kappa shape index (κ3) is 5.88. The van der Waals surface area contributed by atoms with Crippen LogP contribution in [0.3, 0.4) is 0 Å². The quantitative estimate of drug-likeness (QED) is 0.614. The highest BCUT2D eigenvalue weighted by atomic mass is 16.5. The van der Waals surface area contributed by atoms with Gasteiger partial charge in [0.2, 0.25) is 5.91 Å². The van der Waals surface area contributed by atoms with E-state index in [9.17, 15) is 4.79 Å². The number of rotatable bonds is 9. The number of para-hydroxylation sites is 1. The molecule has 0 aliphatic heterocycles. The minimum atomic E-state index is 0.0216. The molecule has 0 aromatic heterocycles. The molecule has 1 amide bonds. The molecule has 0 unspecified atom stereocenters. The molecule has 0 spiro atoms. The second kappa shape index (κ2) is 10.2. The summed E-state index contributed by atoms with van der Waals surface area (Å²) in [6.07, 6.45) is 0.791. The molecule has 0 bridgehead atoms. The number of methoxy groups -OCH3 is 1. The Balaban J connectivity index is 1.56. The second-order valence-corrected chi connectivity index (χ2v) is 6.63. The third-order valence-electron chi connectivity index (χ3n) is 4.57. The Kier molecular flexibility index (Phi) is 7.08. The van der Waals surface area contributed by atoms with Crippen molar-refractivity contribution < 1.29 is 9.53 Å². The van der Waals surface area contributed by atoms with Gasteiger partial charge in [-0.1, -0.05) is 60.7 Å². The Labute approximate surface area is 166 Å². The van der Waals surface area contributed by atoms with Crippen LogP contribution in [0.4, 0.5) is 5.69 Å². The zero-order valence-corrected chi connectivity index (χ0v) is 16.2. The van der Waals surface area contributed by atoms with Crippen LogP contribution in [0.15, 0.2) is 84.9 Å². The summed E-state index contributed by atoms with van der Waals surface area (Å²) in [5.74, 6) is 0.862. The van der Waals surface area contributed by atoms with E-state index in [0.717, 1.165) is 17.9 Å². The van der Waals surface area contributed by atoms with Crippen LogP contribution in [0, 0.1) is 0 Å². The molecular weight excluding hydrogens is 348 g/mol. The lowest BCUT2D eigenvalue weighted by Crippen LogP contribution is -2.37. The van der Waals surface area contributed by atoms with Gasteiger partial charge in [0.1, 0.15) is 5.75 Å².